The number of aromatic hydroxyl groups is 1. The Balaban J connectivity index is 1.69. The SMILES string of the molecule is CC(NC1CC2CCC1C2)c1ccc(O)cc1F. The molecule has 1 aromatic rings. The Labute approximate surface area is 107 Å². The third-order valence-corrected chi connectivity index (χ3v) is 4.65. The second-order valence-electron chi connectivity index (χ2n) is 5.88. The van der Waals surface area contributed by atoms with Crippen LogP contribution in [0.1, 0.15) is 44.2 Å². The van der Waals surface area contributed by atoms with E-state index in [0.29, 0.717) is 11.6 Å². The quantitative estimate of drug-likeness (QED) is 0.860. The zero-order chi connectivity index (χ0) is 12.7. The maximum atomic E-state index is 13.8. The van der Waals surface area contributed by atoms with E-state index < -0.39 is 0 Å². The fourth-order valence-electron chi connectivity index (χ4n) is 3.73. The largest absolute Gasteiger partial charge is 0.508 e. The molecule has 3 heteroatoms. The van der Waals surface area contributed by atoms with E-state index in [-0.39, 0.29) is 17.6 Å². The van der Waals surface area contributed by atoms with E-state index in [1.807, 2.05) is 6.92 Å². The molecule has 2 aliphatic rings. The fourth-order valence-corrected chi connectivity index (χ4v) is 3.73. The van der Waals surface area contributed by atoms with Crippen molar-refractivity contribution in [2.24, 2.45) is 11.8 Å². The van der Waals surface area contributed by atoms with Gasteiger partial charge in [-0.1, -0.05) is 12.5 Å². The van der Waals surface area contributed by atoms with Gasteiger partial charge in [0.25, 0.3) is 0 Å². The van der Waals surface area contributed by atoms with Crippen LogP contribution in [0.15, 0.2) is 18.2 Å². The molecule has 0 spiro atoms. The molecule has 0 amide bonds. The predicted octanol–water partition coefficient (Wildman–Crippen LogP) is 3.37. The molecule has 0 radical (unpaired) electrons. The van der Waals surface area contributed by atoms with Gasteiger partial charge in [0.15, 0.2) is 0 Å². The van der Waals surface area contributed by atoms with Gasteiger partial charge < -0.3 is 10.4 Å². The second-order valence-corrected chi connectivity index (χ2v) is 5.88. The number of nitrogens with one attached hydrogen (secondary N) is 1. The van der Waals surface area contributed by atoms with Crippen LogP contribution in [0.2, 0.25) is 0 Å². The van der Waals surface area contributed by atoms with Crippen molar-refractivity contribution in [3.63, 3.8) is 0 Å². The normalized spacial score (nSPS) is 31.8. The van der Waals surface area contributed by atoms with Crippen molar-refractivity contribution in [3.05, 3.63) is 29.6 Å². The molecular weight excluding hydrogens is 229 g/mol. The molecule has 4 atom stereocenters. The monoisotopic (exact) mass is 249 g/mol. The summed E-state index contributed by atoms with van der Waals surface area (Å²) < 4.78 is 13.8. The Hall–Kier alpha value is -1.09. The van der Waals surface area contributed by atoms with Crippen molar-refractivity contribution >= 4 is 0 Å². The number of rotatable bonds is 3. The second kappa shape index (κ2) is 4.54. The van der Waals surface area contributed by atoms with E-state index in [2.05, 4.69) is 5.32 Å². The van der Waals surface area contributed by atoms with Crippen molar-refractivity contribution in [2.45, 2.75) is 44.7 Å². The van der Waals surface area contributed by atoms with Crippen LogP contribution in [0.3, 0.4) is 0 Å². The summed E-state index contributed by atoms with van der Waals surface area (Å²) >= 11 is 0. The Morgan fingerprint density at radius 2 is 2.17 bits per heavy atom. The van der Waals surface area contributed by atoms with Gasteiger partial charge in [-0.3, -0.25) is 0 Å². The van der Waals surface area contributed by atoms with Crippen LogP contribution in [-0.4, -0.2) is 11.1 Å². The molecule has 2 N–H and O–H groups in total. The molecular formula is C15H20FNO. The van der Waals surface area contributed by atoms with Gasteiger partial charge in [-0.2, -0.15) is 0 Å². The summed E-state index contributed by atoms with van der Waals surface area (Å²) in [4.78, 5) is 0. The smallest absolute Gasteiger partial charge is 0.131 e. The van der Waals surface area contributed by atoms with Crippen LogP contribution in [-0.2, 0) is 0 Å². The average molecular weight is 249 g/mol. The maximum Gasteiger partial charge on any atom is 0.131 e. The van der Waals surface area contributed by atoms with Gasteiger partial charge in [-0.25, -0.2) is 4.39 Å². The summed E-state index contributed by atoms with van der Waals surface area (Å²) in [5, 5.41) is 12.8. The van der Waals surface area contributed by atoms with Crippen LogP contribution in [0.5, 0.6) is 5.75 Å². The van der Waals surface area contributed by atoms with E-state index in [0.717, 1.165) is 11.8 Å². The van der Waals surface area contributed by atoms with Gasteiger partial charge in [0.05, 0.1) is 0 Å². The summed E-state index contributed by atoms with van der Waals surface area (Å²) in [6.45, 7) is 2.00. The lowest BCUT2D eigenvalue weighted by Gasteiger charge is -2.27. The zero-order valence-electron chi connectivity index (χ0n) is 10.7. The third-order valence-electron chi connectivity index (χ3n) is 4.65. The van der Waals surface area contributed by atoms with Crippen molar-refractivity contribution in [1.82, 2.24) is 5.32 Å². The summed E-state index contributed by atoms with van der Waals surface area (Å²) in [6.07, 6.45) is 5.30. The standard InChI is InChI=1S/C15H20FNO/c1-9(13-5-4-12(18)8-14(13)16)17-15-7-10-2-3-11(15)6-10/h4-5,8-11,15,17-18H,2-3,6-7H2,1H3. The molecule has 2 saturated carbocycles. The summed E-state index contributed by atoms with van der Waals surface area (Å²) in [5.74, 6) is 1.35. The highest BCUT2D eigenvalue weighted by Gasteiger charge is 2.39. The van der Waals surface area contributed by atoms with Gasteiger partial charge in [0.2, 0.25) is 0 Å². The number of phenols is 1. The Morgan fingerprint density at radius 1 is 1.33 bits per heavy atom. The van der Waals surface area contributed by atoms with E-state index in [9.17, 15) is 9.50 Å². The Morgan fingerprint density at radius 3 is 2.78 bits per heavy atom. The topological polar surface area (TPSA) is 32.3 Å². The van der Waals surface area contributed by atoms with Gasteiger partial charge in [0.1, 0.15) is 11.6 Å². The van der Waals surface area contributed by atoms with Crippen LogP contribution >= 0.6 is 0 Å². The van der Waals surface area contributed by atoms with E-state index in [4.69, 9.17) is 0 Å². The first-order valence-electron chi connectivity index (χ1n) is 6.88. The molecule has 2 bridgehead atoms. The minimum atomic E-state index is -0.321. The molecule has 0 aliphatic heterocycles. The molecule has 2 aliphatic carbocycles. The first-order chi connectivity index (χ1) is 8.63. The third kappa shape index (κ3) is 2.12. The Bertz CT molecular complexity index is 448. The summed E-state index contributed by atoms with van der Waals surface area (Å²) in [6, 6.07) is 4.98. The van der Waals surface area contributed by atoms with Crippen LogP contribution in [0.4, 0.5) is 4.39 Å². The lowest BCUT2D eigenvalue weighted by Crippen LogP contribution is -2.36. The predicted molar refractivity (Wildman–Crippen MR) is 68.9 cm³/mol. The van der Waals surface area contributed by atoms with Crippen molar-refractivity contribution in [3.8, 4) is 5.75 Å². The molecule has 3 rings (SSSR count). The van der Waals surface area contributed by atoms with E-state index >= 15 is 0 Å². The average Bonchev–Trinajstić information content (AvgIpc) is 2.90. The zero-order valence-corrected chi connectivity index (χ0v) is 10.7. The molecule has 0 saturated heterocycles. The Kier molecular flexibility index (Phi) is 3.02. The van der Waals surface area contributed by atoms with Gasteiger partial charge in [-0.05, 0) is 44.1 Å². The molecule has 0 heterocycles. The number of hydrogen-bond donors (Lipinski definition) is 2. The van der Waals surface area contributed by atoms with E-state index in [1.54, 1.807) is 12.1 Å². The van der Waals surface area contributed by atoms with Crippen molar-refractivity contribution in [1.29, 1.82) is 0 Å². The highest BCUT2D eigenvalue weighted by atomic mass is 19.1. The molecule has 4 unspecified atom stereocenters. The minimum absolute atomic E-state index is 0.00921. The van der Waals surface area contributed by atoms with Crippen LogP contribution in [0, 0.1) is 17.7 Å². The molecule has 0 aromatic heterocycles. The molecule has 2 fully saturated rings. The number of hydrogen-bond acceptors (Lipinski definition) is 2. The fraction of sp³-hybridized carbons (Fsp3) is 0.600. The highest BCUT2D eigenvalue weighted by Crippen LogP contribution is 2.45. The lowest BCUT2D eigenvalue weighted by molar-refractivity contribution is 0.323. The number of fused-ring (bicyclic) bond motifs is 2. The number of halogens is 1. The van der Waals surface area contributed by atoms with Crippen LogP contribution in [0.25, 0.3) is 0 Å². The van der Waals surface area contributed by atoms with Gasteiger partial charge >= 0.3 is 0 Å². The van der Waals surface area contributed by atoms with E-state index in [1.165, 1.54) is 31.7 Å². The van der Waals surface area contributed by atoms with Gasteiger partial charge in [0, 0.05) is 23.7 Å². The lowest BCUT2D eigenvalue weighted by atomic mass is 9.94. The first kappa shape index (κ1) is 12.0. The van der Waals surface area contributed by atoms with Crippen LogP contribution < -0.4 is 5.32 Å². The molecule has 2 nitrogen and oxygen atoms in total. The minimum Gasteiger partial charge on any atom is -0.508 e. The molecule has 98 valence electrons. The van der Waals surface area contributed by atoms with Crippen molar-refractivity contribution in [2.75, 3.05) is 0 Å². The van der Waals surface area contributed by atoms with Crippen molar-refractivity contribution < 1.29 is 9.50 Å². The number of benzene rings is 1. The summed E-state index contributed by atoms with van der Waals surface area (Å²) in [7, 11) is 0. The molecule has 1 aromatic carbocycles. The highest BCUT2D eigenvalue weighted by molar-refractivity contribution is 5.29. The summed E-state index contributed by atoms with van der Waals surface area (Å²) in [5.41, 5.74) is 0.649. The number of phenolic OH excluding ortho intramolecular Hbond substituents is 1. The first-order valence-corrected chi connectivity index (χ1v) is 6.88. The molecule has 18 heavy (non-hydrogen) atoms. The van der Waals surface area contributed by atoms with Gasteiger partial charge in [-0.15, -0.1) is 0 Å². The maximum absolute atomic E-state index is 13.8.